The van der Waals surface area contributed by atoms with Gasteiger partial charge in [0.15, 0.2) is 0 Å². The molecule has 0 aliphatic rings. The number of anilines is 1. The number of aromatic nitrogens is 1. The molecule has 2 unspecified atom stereocenters. The number of hydrogen-bond donors (Lipinski definition) is 3. The van der Waals surface area contributed by atoms with Crippen LogP contribution in [0.5, 0.6) is 11.5 Å². The number of halogens is 5. The van der Waals surface area contributed by atoms with Crippen molar-refractivity contribution in [2.45, 2.75) is 51.6 Å². The van der Waals surface area contributed by atoms with Gasteiger partial charge < -0.3 is 30.0 Å². The molecule has 9 nitrogen and oxygen atoms in total. The summed E-state index contributed by atoms with van der Waals surface area (Å²) in [6.45, 7) is 3.95. The smallest absolute Gasteiger partial charge is 0.408 e. The molecule has 0 spiro atoms. The third kappa shape index (κ3) is 7.93. The molecule has 0 bridgehead atoms. The predicted molar refractivity (Wildman–Crippen MR) is 168 cm³/mol. The highest BCUT2D eigenvalue weighted by Crippen LogP contribution is 2.42. The Balaban J connectivity index is 1.66. The highest BCUT2D eigenvalue weighted by Gasteiger charge is 2.38. The van der Waals surface area contributed by atoms with Gasteiger partial charge >= 0.3 is 12.1 Å². The molecule has 2 atom stereocenters. The van der Waals surface area contributed by atoms with Crippen LogP contribution in [0.2, 0.25) is 0 Å². The van der Waals surface area contributed by atoms with E-state index in [1.807, 2.05) is 12.2 Å². The maximum atomic E-state index is 14.9. The van der Waals surface area contributed by atoms with E-state index in [-0.39, 0.29) is 6.42 Å². The Kier molecular flexibility index (Phi) is 11.4. The molecule has 0 radical (unpaired) electrons. The molecule has 0 saturated heterocycles. The Morgan fingerprint density at radius 2 is 1.56 bits per heavy atom. The second-order valence-corrected chi connectivity index (χ2v) is 10.7. The first-order valence-electron chi connectivity index (χ1n) is 14.9. The number of alkyl halides is 3. The lowest BCUT2D eigenvalue weighted by Crippen LogP contribution is -2.43. The number of amides is 1. The van der Waals surface area contributed by atoms with E-state index in [9.17, 15) is 36.6 Å². The SMILES string of the molecule is CCOCc1cc(OC)c(-c2ncc(CC(NC(=O)c3c(F)cc(NC(CC)C(F)(F)F)cc3F)C(=O)O)c3ccccc23)c(OC)c1. The Labute approximate surface area is 273 Å². The van der Waals surface area contributed by atoms with E-state index in [1.54, 1.807) is 36.4 Å². The van der Waals surface area contributed by atoms with Gasteiger partial charge in [-0.3, -0.25) is 9.78 Å². The third-order valence-corrected chi connectivity index (χ3v) is 7.59. The monoisotopic (exact) mass is 675 g/mol. The minimum Gasteiger partial charge on any atom is -0.496 e. The fraction of sp³-hybridized carbons (Fsp3) is 0.324. The van der Waals surface area contributed by atoms with Gasteiger partial charge in [0, 0.05) is 30.3 Å². The van der Waals surface area contributed by atoms with Gasteiger partial charge in [0.2, 0.25) is 0 Å². The highest BCUT2D eigenvalue weighted by atomic mass is 19.4. The van der Waals surface area contributed by atoms with E-state index in [0.717, 1.165) is 5.56 Å². The quantitative estimate of drug-likeness (QED) is 0.123. The van der Waals surface area contributed by atoms with E-state index >= 15 is 0 Å². The number of carboxylic acid groups (broad SMARTS) is 1. The van der Waals surface area contributed by atoms with Crippen LogP contribution in [-0.2, 0) is 22.6 Å². The van der Waals surface area contributed by atoms with Crippen molar-refractivity contribution in [1.29, 1.82) is 0 Å². The molecule has 14 heteroatoms. The van der Waals surface area contributed by atoms with Gasteiger partial charge in [0.1, 0.15) is 40.8 Å². The van der Waals surface area contributed by atoms with E-state index < -0.39 is 59.4 Å². The minimum atomic E-state index is -4.68. The Morgan fingerprint density at radius 1 is 0.958 bits per heavy atom. The standard InChI is InChI=1S/C34H34F5N3O6/c1-5-28(34(37,38)39)41-20-14-23(35)29(24(36)15-20)32(43)42-25(33(44)45)13-19-16-40-31(22-10-8-7-9-21(19)22)30-26(46-3)11-18(17-48-6-2)12-27(30)47-4/h7-12,14-16,25,28,41H,5-6,13,17H2,1-4H3,(H,42,43)(H,44,45). The van der Waals surface area contributed by atoms with Crippen LogP contribution in [0.3, 0.4) is 0 Å². The summed E-state index contributed by atoms with van der Waals surface area (Å²) in [7, 11) is 3.00. The van der Waals surface area contributed by atoms with Crippen LogP contribution in [0.25, 0.3) is 22.0 Å². The fourth-order valence-electron chi connectivity index (χ4n) is 5.26. The van der Waals surface area contributed by atoms with Crippen LogP contribution in [0.4, 0.5) is 27.6 Å². The summed E-state index contributed by atoms with van der Waals surface area (Å²) < 4.78 is 86.1. The minimum absolute atomic E-state index is 0.325. The largest absolute Gasteiger partial charge is 0.496 e. The van der Waals surface area contributed by atoms with Gasteiger partial charge in [-0.15, -0.1) is 0 Å². The first kappa shape index (κ1) is 35.9. The van der Waals surface area contributed by atoms with Crippen LogP contribution in [0.15, 0.2) is 54.7 Å². The van der Waals surface area contributed by atoms with E-state index in [2.05, 4.69) is 10.3 Å². The van der Waals surface area contributed by atoms with E-state index in [0.29, 0.717) is 64.4 Å². The third-order valence-electron chi connectivity index (χ3n) is 7.59. The molecule has 3 aromatic carbocycles. The maximum absolute atomic E-state index is 14.9. The second kappa shape index (κ2) is 15.3. The number of pyridine rings is 1. The number of carboxylic acids is 1. The number of benzene rings is 3. The average Bonchev–Trinajstić information content (AvgIpc) is 3.04. The van der Waals surface area contributed by atoms with Crippen molar-refractivity contribution >= 4 is 28.3 Å². The van der Waals surface area contributed by atoms with Crippen LogP contribution in [0, 0.1) is 11.6 Å². The molecule has 0 aliphatic heterocycles. The first-order valence-corrected chi connectivity index (χ1v) is 14.9. The normalized spacial score (nSPS) is 12.8. The van der Waals surface area contributed by atoms with Gasteiger partial charge in [-0.05, 0) is 54.1 Å². The number of carbonyl (C=O) groups excluding carboxylic acids is 1. The molecular weight excluding hydrogens is 641 g/mol. The number of nitrogens with one attached hydrogen (secondary N) is 2. The molecular formula is C34H34F5N3O6. The van der Waals surface area contributed by atoms with Crippen molar-refractivity contribution in [1.82, 2.24) is 10.3 Å². The van der Waals surface area contributed by atoms with Crippen LogP contribution in [-0.4, -0.2) is 61.1 Å². The van der Waals surface area contributed by atoms with Gasteiger partial charge in [0.25, 0.3) is 5.91 Å². The zero-order chi connectivity index (χ0) is 35.2. The van der Waals surface area contributed by atoms with Crippen molar-refractivity contribution < 1.29 is 50.9 Å². The molecule has 1 heterocycles. The zero-order valence-electron chi connectivity index (χ0n) is 26.5. The van der Waals surface area contributed by atoms with Crippen molar-refractivity contribution in [3.05, 3.63) is 83.1 Å². The Morgan fingerprint density at radius 3 is 2.08 bits per heavy atom. The number of nitrogens with zero attached hydrogens (tertiary/aromatic N) is 1. The molecule has 256 valence electrons. The second-order valence-electron chi connectivity index (χ2n) is 10.7. The highest BCUT2D eigenvalue weighted by molar-refractivity contribution is 6.00. The number of rotatable bonds is 14. The lowest BCUT2D eigenvalue weighted by atomic mass is 9.95. The van der Waals surface area contributed by atoms with Crippen LogP contribution in [0.1, 0.15) is 41.8 Å². The molecule has 0 saturated carbocycles. The molecule has 0 aliphatic carbocycles. The summed E-state index contributed by atoms with van der Waals surface area (Å²) in [4.78, 5) is 29.8. The number of fused-ring (bicyclic) bond motifs is 1. The Bertz CT molecular complexity index is 1750. The molecule has 4 aromatic rings. The zero-order valence-corrected chi connectivity index (χ0v) is 26.5. The van der Waals surface area contributed by atoms with Crippen molar-refractivity contribution in [2.24, 2.45) is 0 Å². The van der Waals surface area contributed by atoms with Crippen LogP contribution >= 0.6 is 0 Å². The maximum Gasteiger partial charge on any atom is 0.408 e. The summed E-state index contributed by atoms with van der Waals surface area (Å²) in [6.07, 6.45) is -4.00. The summed E-state index contributed by atoms with van der Waals surface area (Å²) in [5.41, 5.74) is 0.533. The number of methoxy groups -OCH3 is 2. The first-order chi connectivity index (χ1) is 22.8. The van der Waals surface area contributed by atoms with Crippen molar-refractivity contribution in [3.8, 4) is 22.8 Å². The number of ether oxygens (including phenoxy) is 3. The molecule has 48 heavy (non-hydrogen) atoms. The van der Waals surface area contributed by atoms with Gasteiger partial charge in [-0.25, -0.2) is 13.6 Å². The van der Waals surface area contributed by atoms with Crippen LogP contribution < -0.4 is 20.1 Å². The fourth-order valence-corrected chi connectivity index (χ4v) is 5.26. The predicted octanol–water partition coefficient (Wildman–Crippen LogP) is 6.91. The lowest BCUT2D eigenvalue weighted by Gasteiger charge is -2.22. The number of hydrogen-bond acceptors (Lipinski definition) is 7. The van der Waals surface area contributed by atoms with Crippen molar-refractivity contribution in [3.63, 3.8) is 0 Å². The van der Waals surface area contributed by atoms with E-state index in [4.69, 9.17) is 14.2 Å². The van der Waals surface area contributed by atoms with Gasteiger partial charge in [-0.1, -0.05) is 31.2 Å². The number of carbonyl (C=O) groups is 2. The molecule has 3 N–H and O–H groups in total. The van der Waals surface area contributed by atoms with Gasteiger partial charge in [-0.2, -0.15) is 13.2 Å². The van der Waals surface area contributed by atoms with Crippen molar-refractivity contribution in [2.75, 3.05) is 26.1 Å². The molecule has 0 fully saturated rings. The summed E-state index contributed by atoms with van der Waals surface area (Å²) in [6, 6.07) is 7.93. The Hall–Kier alpha value is -4.98. The van der Waals surface area contributed by atoms with E-state index in [1.165, 1.54) is 27.3 Å². The lowest BCUT2D eigenvalue weighted by molar-refractivity contribution is -0.143. The summed E-state index contributed by atoms with van der Waals surface area (Å²) in [5, 5.41) is 15.3. The molecule has 1 aromatic heterocycles. The topological polar surface area (TPSA) is 119 Å². The summed E-state index contributed by atoms with van der Waals surface area (Å²) in [5.74, 6) is -4.93. The number of aliphatic carboxylic acids is 1. The summed E-state index contributed by atoms with van der Waals surface area (Å²) >= 11 is 0. The average molecular weight is 676 g/mol. The van der Waals surface area contributed by atoms with Gasteiger partial charge in [0.05, 0.1) is 32.1 Å². The molecule has 4 rings (SSSR count). The molecule has 1 amide bonds.